The van der Waals surface area contributed by atoms with Crippen LogP contribution in [0.4, 0.5) is 5.69 Å². The molecular weight excluding hydrogens is 268 g/mol. The molecule has 114 valence electrons. The van der Waals surface area contributed by atoms with Crippen LogP contribution in [0.25, 0.3) is 0 Å². The van der Waals surface area contributed by atoms with E-state index in [1.807, 2.05) is 19.1 Å². The highest BCUT2D eigenvalue weighted by molar-refractivity contribution is 6.33. The summed E-state index contributed by atoms with van der Waals surface area (Å²) in [6.07, 6.45) is 3.29. The molecule has 2 nitrogen and oxygen atoms in total. The summed E-state index contributed by atoms with van der Waals surface area (Å²) in [5, 5.41) is 0.843. The number of halogens is 1. The van der Waals surface area contributed by atoms with Gasteiger partial charge in [-0.2, -0.15) is 0 Å². The second kappa shape index (κ2) is 8.53. The van der Waals surface area contributed by atoms with Crippen LogP contribution in [0.2, 0.25) is 5.02 Å². The number of hydrogen-bond donors (Lipinski definition) is 1. The summed E-state index contributed by atoms with van der Waals surface area (Å²) < 4.78 is 0. The first-order valence-electron chi connectivity index (χ1n) is 7.81. The summed E-state index contributed by atoms with van der Waals surface area (Å²) in [5.41, 5.74) is 8.42. The van der Waals surface area contributed by atoms with Crippen molar-refractivity contribution in [1.82, 2.24) is 0 Å². The molecule has 0 radical (unpaired) electrons. The molecule has 3 heteroatoms. The Kier molecular flexibility index (Phi) is 7.39. The van der Waals surface area contributed by atoms with E-state index in [0.29, 0.717) is 0 Å². The molecule has 0 saturated heterocycles. The van der Waals surface area contributed by atoms with E-state index in [1.54, 1.807) is 0 Å². The zero-order chi connectivity index (χ0) is 15.1. The Labute approximate surface area is 129 Å². The lowest BCUT2D eigenvalue weighted by Gasteiger charge is -2.30. The standard InChI is InChI=1S/C17H29ClN2/c1-5-14(6-2)12-20(7-3)17-15(11-13(4)19)9-8-10-16(17)18/h8-10,13-14H,5-7,11-12,19H2,1-4H3. The van der Waals surface area contributed by atoms with Gasteiger partial charge in [0.25, 0.3) is 0 Å². The second-order valence-corrected chi connectivity index (χ2v) is 6.06. The van der Waals surface area contributed by atoms with Gasteiger partial charge >= 0.3 is 0 Å². The lowest BCUT2D eigenvalue weighted by Crippen LogP contribution is -2.31. The van der Waals surface area contributed by atoms with Gasteiger partial charge < -0.3 is 10.6 Å². The zero-order valence-electron chi connectivity index (χ0n) is 13.3. The fraction of sp³-hybridized carbons (Fsp3) is 0.647. The Bertz CT molecular complexity index is 400. The van der Waals surface area contributed by atoms with E-state index in [0.717, 1.165) is 30.5 Å². The van der Waals surface area contributed by atoms with E-state index in [2.05, 4.69) is 31.7 Å². The minimum atomic E-state index is 0.152. The van der Waals surface area contributed by atoms with Crippen LogP contribution in [0.3, 0.4) is 0 Å². The first-order chi connectivity index (χ1) is 9.53. The smallest absolute Gasteiger partial charge is 0.0642 e. The summed E-state index contributed by atoms with van der Waals surface area (Å²) in [6.45, 7) is 10.8. The Hall–Kier alpha value is -0.730. The van der Waals surface area contributed by atoms with Crippen molar-refractivity contribution in [3.8, 4) is 0 Å². The molecule has 0 aliphatic carbocycles. The van der Waals surface area contributed by atoms with Gasteiger partial charge in [0, 0.05) is 19.1 Å². The largest absolute Gasteiger partial charge is 0.370 e. The van der Waals surface area contributed by atoms with Gasteiger partial charge in [-0.1, -0.05) is 50.4 Å². The minimum Gasteiger partial charge on any atom is -0.370 e. The van der Waals surface area contributed by atoms with Crippen molar-refractivity contribution in [2.75, 3.05) is 18.0 Å². The van der Waals surface area contributed by atoms with E-state index in [-0.39, 0.29) is 6.04 Å². The van der Waals surface area contributed by atoms with Crippen LogP contribution in [-0.4, -0.2) is 19.1 Å². The van der Waals surface area contributed by atoms with Crippen molar-refractivity contribution in [3.63, 3.8) is 0 Å². The normalized spacial score (nSPS) is 12.8. The summed E-state index contributed by atoms with van der Waals surface area (Å²) in [6, 6.07) is 6.31. The molecule has 0 heterocycles. The number of benzene rings is 1. The van der Waals surface area contributed by atoms with Crippen molar-refractivity contribution in [1.29, 1.82) is 0 Å². The van der Waals surface area contributed by atoms with E-state index in [1.165, 1.54) is 24.1 Å². The van der Waals surface area contributed by atoms with Crippen molar-refractivity contribution in [3.05, 3.63) is 28.8 Å². The number of nitrogens with two attached hydrogens (primary N) is 1. The molecule has 0 fully saturated rings. The van der Waals surface area contributed by atoms with Gasteiger partial charge in [0.2, 0.25) is 0 Å². The molecule has 0 saturated carbocycles. The molecule has 1 rings (SSSR count). The molecule has 1 aromatic rings. The minimum absolute atomic E-state index is 0.152. The second-order valence-electron chi connectivity index (χ2n) is 5.65. The first kappa shape index (κ1) is 17.3. The SMILES string of the molecule is CCC(CC)CN(CC)c1c(Cl)cccc1CC(C)N. The van der Waals surface area contributed by atoms with Crippen LogP contribution >= 0.6 is 11.6 Å². The number of para-hydroxylation sites is 1. The number of rotatable bonds is 8. The molecule has 0 aliphatic heterocycles. The average Bonchev–Trinajstić information content (AvgIpc) is 2.41. The molecule has 2 N–H and O–H groups in total. The van der Waals surface area contributed by atoms with E-state index < -0.39 is 0 Å². The third-order valence-corrected chi connectivity index (χ3v) is 4.25. The van der Waals surface area contributed by atoms with Crippen molar-refractivity contribution in [2.24, 2.45) is 11.7 Å². The van der Waals surface area contributed by atoms with E-state index in [4.69, 9.17) is 17.3 Å². The van der Waals surface area contributed by atoms with E-state index >= 15 is 0 Å². The first-order valence-corrected chi connectivity index (χ1v) is 8.19. The number of nitrogens with zero attached hydrogens (tertiary/aromatic N) is 1. The monoisotopic (exact) mass is 296 g/mol. The van der Waals surface area contributed by atoms with Gasteiger partial charge in [0.15, 0.2) is 0 Å². The summed E-state index contributed by atoms with van der Waals surface area (Å²) in [7, 11) is 0. The van der Waals surface area contributed by atoms with Gasteiger partial charge in [0.1, 0.15) is 0 Å². The topological polar surface area (TPSA) is 29.3 Å². The highest BCUT2D eigenvalue weighted by Gasteiger charge is 2.17. The van der Waals surface area contributed by atoms with Gasteiger partial charge in [0.05, 0.1) is 10.7 Å². The van der Waals surface area contributed by atoms with Crippen molar-refractivity contribution in [2.45, 2.75) is 53.0 Å². The summed E-state index contributed by atoms with van der Waals surface area (Å²) >= 11 is 6.47. The van der Waals surface area contributed by atoms with Crippen LogP contribution in [0.15, 0.2) is 18.2 Å². The number of anilines is 1. The predicted molar refractivity (Wildman–Crippen MR) is 90.8 cm³/mol. The molecule has 0 aliphatic rings. The molecule has 0 bridgehead atoms. The van der Waals surface area contributed by atoms with Gasteiger partial charge in [-0.3, -0.25) is 0 Å². The molecule has 1 unspecified atom stereocenters. The maximum atomic E-state index is 6.47. The van der Waals surface area contributed by atoms with Gasteiger partial charge in [-0.15, -0.1) is 0 Å². The highest BCUT2D eigenvalue weighted by atomic mass is 35.5. The Morgan fingerprint density at radius 2 is 1.85 bits per heavy atom. The quantitative estimate of drug-likeness (QED) is 0.766. The zero-order valence-corrected chi connectivity index (χ0v) is 14.1. The van der Waals surface area contributed by atoms with Crippen LogP contribution < -0.4 is 10.6 Å². The molecule has 20 heavy (non-hydrogen) atoms. The van der Waals surface area contributed by atoms with Crippen LogP contribution in [0.1, 0.15) is 46.1 Å². The Balaban J connectivity index is 3.06. The molecule has 0 amide bonds. The summed E-state index contributed by atoms with van der Waals surface area (Å²) in [4.78, 5) is 2.41. The lowest BCUT2D eigenvalue weighted by molar-refractivity contribution is 0.485. The van der Waals surface area contributed by atoms with Gasteiger partial charge in [-0.25, -0.2) is 0 Å². The Morgan fingerprint density at radius 1 is 1.20 bits per heavy atom. The van der Waals surface area contributed by atoms with Crippen LogP contribution in [-0.2, 0) is 6.42 Å². The van der Waals surface area contributed by atoms with E-state index in [9.17, 15) is 0 Å². The molecular formula is C17H29ClN2. The number of hydrogen-bond acceptors (Lipinski definition) is 2. The fourth-order valence-electron chi connectivity index (χ4n) is 2.66. The molecule has 1 atom stereocenters. The third-order valence-electron chi connectivity index (χ3n) is 3.94. The van der Waals surface area contributed by atoms with Crippen LogP contribution in [0.5, 0.6) is 0 Å². The maximum Gasteiger partial charge on any atom is 0.0642 e. The molecule has 0 aromatic heterocycles. The average molecular weight is 297 g/mol. The maximum absolute atomic E-state index is 6.47. The Morgan fingerprint density at radius 3 is 2.35 bits per heavy atom. The highest BCUT2D eigenvalue weighted by Crippen LogP contribution is 2.31. The molecule has 1 aromatic carbocycles. The predicted octanol–water partition coefficient (Wildman–Crippen LogP) is 4.49. The van der Waals surface area contributed by atoms with Crippen molar-refractivity contribution >= 4 is 17.3 Å². The summed E-state index contributed by atoms with van der Waals surface area (Å²) in [5.74, 6) is 0.717. The van der Waals surface area contributed by atoms with Crippen molar-refractivity contribution < 1.29 is 0 Å². The lowest BCUT2D eigenvalue weighted by atomic mass is 10.0. The third kappa shape index (κ3) is 4.68. The molecule has 0 spiro atoms. The van der Waals surface area contributed by atoms with Crippen LogP contribution in [0, 0.1) is 5.92 Å². The van der Waals surface area contributed by atoms with Gasteiger partial charge in [-0.05, 0) is 37.8 Å². The fourth-order valence-corrected chi connectivity index (χ4v) is 2.98.